The van der Waals surface area contributed by atoms with Gasteiger partial charge in [-0.25, -0.2) is 0 Å². The lowest BCUT2D eigenvalue weighted by Crippen LogP contribution is -2.46. The normalized spacial score (nSPS) is 15.6. The maximum Gasteiger partial charge on any atom is 0.207 e. The lowest BCUT2D eigenvalue weighted by Gasteiger charge is -2.34. The summed E-state index contributed by atoms with van der Waals surface area (Å²) in [6.45, 7) is 8.85. The number of benzene rings is 1. The molecule has 5 nitrogen and oxygen atoms in total. The van der Waals surface area contributed by atoms with E-state index in [-0.39, 0.29) is 0 Å². The van der Waals surface area contributed by atoms with Crippen LogP contribution in [0.4, 0.5) is 0 Å². The summed E-state index contributed by atoms with van der Waals surface area (Å²) in [5.74, 6) is 0.981. The molecule has 5 heteroatoms. The van der Waals surface area contributed by atoms with Crippen LogP contribution in [0.3, 0.4) is 0 Å². The van der Waals surface area contributed by atoms with Crippen LogP contribution in [0.25, 0.3) is 0 Å². The molecule has 1 saturated heterocycles. The first kappa shape index (κ1) is 21.7. The molecule has 1 N–H and O–H groups in total. The van der Waals surface area contributed by atoms with Gasteiger partial charge >= 0.3 is 0 Å². The number of nitrogens with one attached hydrogen (secondary N) is 1. The van der Waals surface area contributed by atoms with E-state index in [2.05, 4.69) is 15.1 Å². The van der Waals surface area contributed by atoms with Crippen LogP contribution >= 0.6 is 0 Å². The number of rotatable bonds is 15. The number of carbonyl (C=O) groups is 1. The maximum absolute atomic E-state index is 10.2. The number of hydrogen-bond acceptors (Lipinski definition) is 4. The van der Waals surface area contributed by atoms with Gasteiger partial charge in [-0.15, -0.1) is 0 Å². The first-order valence-corrected chi connectivity index (χ1v) is 10.7. The van der Waals surface area contributed by atoms with Gasteiger partial charge in [-0.1, -0.05) is 37.5 Å². The second kappa shape index (κ2) is 14.5. The molecule has 0 aromatic heterocycles. The Morgan fingerprint density at radius 1 is 0.815 bits per heavy atom. The fourth-order valence-electron chi connectivity index (χ4n) is 3.53. The number of nitrogens with zero attached hydrogens (tertiary/aromatic N) is 2. The third-order valence-corrected chi connectivity index (χ3v) is 5.22. The minimum Gasteiger partial charge on any atom is -0.494 e. The molecule has 0 saturated carbocycles. The summed E-state index contributed by atoms with van der Waals surface area (Å²) < 4.78 is 5.73. The van der Waals surface area contributed by atoms with Gasteiger partial charge in [0.05, 0.1) is 6.61 Å². The zero-order chi connectivity index (χ0) is 19.0. The lowest BCUT2D eigenvalue weighted by atomic mass is 10.1. The molecule has 0 unspecified atom stereocenters. The Balaban J connectivity index is 1.36. The second-order valence-corrected chi connectivity index (χ2v) is 7.39. The number of piperazine rings is 1. The fraction of sp³-hybridized carbons (Fsp3) is 0.682. The first-order valence-electron chi connectivity index (χ1n) is 10.7. The Morgan fingerprint density at radius 3 is 2.07 bits per heavy atom. The lowest BCUT2D eigenvalue weighted by molar-refractivity contribution is -0.109. The molecule has 27 heavy (non-hydrogen) atoms. The third-order valence-electron chi connectivity index (χ3n) is 5.22. The highest BCUT2D eigenvalue weighted by Crippen LogP contribution is 2.11. The van der Waals surface area contributed by atoms with Crippen molar-refractivity contribution >= 4 is 6.41 Å². The van der Waals surface area contributed by atoms with Gasteiger partial charge in [0.15, 0.2) is 0 Å². The van der Waals surface area contributed by atoms with Gasteiger partial charge in [0.1, 0.15) is 5.75 Å². The van der Waals surface area contributed by atoms with Gasteiger partial charge in [-0.3, -0.25) is 4.79 Å². The molecular weight excluding hydrogens is 338 g/mol. The molecule has 1 aromatic carbocycles. The van der Waals surface area contributed by atoms with Gasteiger partial charge in [-0.2, -0.15) is 0 Å². The Kier molecular flexibility index (Phi) is 11.6. The predicted molar refractivity (Wildman–Crippen MR) is 111 cm³/mol. The fourth-order valence-corrected chi connectivity index (χ4v) is 3.53. The van der Waals surface area contributed by atoms with Crippen molar-refractivity contribution in [1.29, 1.82) is 0 Å². The molecule has 0 spiro atoms. The van der Waals surface area contributed by atoms with E-state index in [9.17, 15) is 4.79 Å². The van der Waals surface area contributed by atoms with Crippen LogP contribution in [-0.2, 0) is 4.79 Å². The summed E-state index contributed by atoms with van der Waals surface area (Å²) in [6, 6.07) is 10.1. The molecule has 0 radical (unpaired) electrons. The van der Waals surface area contributed by atoms with Crippen LogP contribution in [0.2, 0.25) is 0 Å². The molecular formula is C22H37N3O2. The monoisotopic (exact) mass is 375 g/mol. The van der Waals surface area contributed by atoms with Crippen molar-refractivity contribution in [3.05, 3.63) is 30.3 Å². The number of ether oxygens (including phenoxy) is 1. The van der Waals surface area contributed by atoms with Gasteiger partial charge in [0.2, 0.25) is 6.41 Å². The van der Waals surface area contributed by atoms with E-state index in [0.717, 1.165) is 38.2 Å². The highest BCUT2D eigenvalue weighted by molar-refractivity contribution is 5.45. The van der Waals surface area contributed by atoms with Crippen molar-refractivity contribution in [2.45, 2.75) is 44.9 Å². The molecule has 1 aliphatic rings. The van der Waals surface area contributed by atoms with Crippen LogP contribution < -0.4 is 10.1 Å². The Hall–Kier alpha value is -1.59. The van der Waals surface area contributed by atoms with Gasteiger partial charge in [-0.05, 0) is 50.9 Å². The topological polar surface area (TPSA) is 44.8 Å². The standard InChI is InChI=1S/C22H37N3O2/c26-21-23-13-7-9-15-25-18-16-24(17-19-25)14-8-2-1-3-10-20-27-22-11-5-4-6-12-22/h4-6,11-12,21H,1-3,7-10,13-20H2,(H,23,26). The SMILES string of the molecule is O=CNCCCCN1CCN(CCCCCCCOc2ccccc2)CC1. The van der Waals surface area contributed by atoms with E-state index in [4.69, 9.17) is 4.74 Å². The van der Waals surface area contributed by atoms with Crippen molar-refractivity contribution in [3.63, 3.8) is 0 Å². The van der Waals surface area contributed by atoms with Crippen molar-refractivity contribution in [1.82, 2.24) is 15.1 Å². The molecule has 2 rings (SSSR count). The molecule has 0 bridgehead atoms. The average molecular weight is 376 g/mol. The maximum atomic E-state index is 10.2. The van der Waals surface area contributed by atoms with Crippen LogP contribution in [0.5, 0.6) is 5.75 Å². The van der Waals surface area contributed by atoms with Crippen LogP contribution in [0, 0.1) is 0 Å². The summed E-state index contributed by atoms with van der Waals surface area (Å²) in [5, 5.41) is 2.73. The molecule has 1 aliphatic heterocycles. The van der Waals surface area contributed by atoms with E-state index in [1.807, 2.05) is 30.3 Å². The Morgan fingerprint density at radius 2 is 1.41 bits per heavy atom. The largest absolute Gasteiger partial charge is 0.494 e. The van der Waals surface area contributed by atoms with Gasteiger partial charge < -0.3 is 19.9 Å². The molecule has 1 amide bonds. The van der Waals surface area contributed by atoms with Crippen molar-refractivity contribution in [2.24, 2.45) is 0 Å². The Labute approximate surface area is 165 Å². The van der Waals surface area contributed by atoms with E-state index in [0.29, 0.717) is 0 Å². The number of unbranched alkanes of at least 4 members (excludes halogenated alkanes) is 5. The summed E-state index contributed by atoms with van der Waals surface area (Å²) >= 11 is 0. The minimum absolute atomic E-state index is 0.789. The van der Waals surface area contributed by atoms with E-state index >= 15 is 0 Å². The second-order valence-electron chi connectivity index (χ2n) is 7.39. The van der Waals surface area contributed by atoms with E-state index in [1.165, 1.54) is 71.4 Å². The number of carbonyl (C=O) groups excluding carboxylic acids is 1. The predicted octanol–water partition coefficient (Wildman–Crippen LogP) is 3.16. The first-order chi connectivity index (χ1) is 13.4. The van der Waals surface area contributed by atoms with Gasteiger partial charge in [0.25, 0.3) is 0 Å². The summed E-state index contributed by atoms with van der Waals surface area (Å²) in [5.41, 5.74) is 0. The highest BCUT2D eigenvalue weighted by atomic mass is 16.5. The number of para-hydroxylation sites is 1. The molecule has 1 fully saturated rings. The molecule has 1 heterocycles. The van der Waals surface area contributed by atoms with Crippen molar-refractivity contribution in [3.8, 4) is 5.75 Å². The van der Waals surface area contributed by atoms with Crippen LogP contribution in [-0.4, -0.2) is 68.6 Å². The zero-order valence-corrected chi connectivity index (χ0v) is 16.8. The van der Waals surface area contributed by atoms with Crippen LogP contribution in [0.1, 0.15) is 44.9 Å². The van der Waals surface area contributed by atoms with Crippen molar-refractivity contribution < 1.29 is 9.53 Å². The molecule has 1 aromatic rings. The van der Waals surface area contributed by atoms with Crippen LogP contribution in [0.15, 0.2) is 30.3 Å². The minimum atomic E-state index is 0.789. The summed E-state index contributed by atoms with van der Waals surface area (Å²) in [6.07, 6.45) is 9.41. The summed E-state index contributed by atoms with van der Waals surface area (Å²) in [7, 11) is 0. The number of amides is 1. The zero-order valence-electron chi connectivity index (χ0n) is 16.8. The van der Waals surface area contributed by atoms with Gasteiger partial charge in [0, 0.05) is 32.7 Å². The quantitative estimate of drug-likeness (QED) is 0.378. The smallest absolute Gasteiger partial charge is 0.207 e. The highest BCUT2D eigenvalue weighted by Gasteiger charge is 2.15. The molecule has 0 aliphatic carbocycles. The molecule has 0 atom stereocenters. The van der Waals surface area contributed by atoms with E-state index in [1.54, 1.807) is 0 Å². The van der Waals surface area contributed by atoms with Crippen molar-refractivity contribution in [2.75, 3.05) is 52.4 Å². The number of hydrogen-bond donors (Lipinski definition) is 1. The molecule has 152 valence electrons. The third kappa shape index (κ3) is 10.4. The van der Waals surface area contributed by atoms with E-state index < -0.39 is 0 Å². The average Bonchev–Trinajstić information content (AvgIpc) is 2.71. The Bertz CT molecular complexity index is 476. The summed E-state index contributed by atoms with van der Waals surface area (Å²) in [4.78, 5) is 15.4.